The van der Waals surface area contributed by atoms with Gasteiger partial charge >= 0.3 is 130 Å². The topological polar surface area (TPSA) is 0 Å². The van der Waals surface area contributed by atoms with Crippen LogP contribution in [0.4, 0.5) is 0 Å². The maximum atomic E-state index is 2.49. The van der Waals surface area contributed by atoms with Crippen LogP contribution in [0.5, 0.6) is 0 Å². The molecule has 0 unspecified atom stereocenters. The predicted octanol–water partition coefficient (Wildman–Crippen LogP) is 4.12. The molecule has 0 aliphatic rings. The quantitative estimate of drug-likeness (QED) is 0.349. The maximum absolute atomic E-state index is 2.49. The van der Waals surface area contributed by atoms with Gasteiger partial charge in [-0.1, -0.05) is 0 Å². The minimum absolute atomic E-state index is 0.611. The average molecular weight is 616 g/mol. The van der Waals surface area contributed by atoms with E-state index in [0.717, 1.165) is 0 Å². The summed E-state index contributed by atoms with van der Waals surface area (Å²) in [6.45, 7) is 0. The van der Waals surface area contributed by atoms with Crippen LogP contribution >= 0.6 is 4.72 Å². The predicted molar refractivity (Wildman–Crippen MR) is 67.9 cm³/mol. The third kappa shape index (κ3) is 5.89. The Bertz CT molecular complexity index is 375. The molecule has 0 atom stereocenters. The van der Waals surface area contributed by atoms with Crippen molar-refractivity contribution in [1.29, 1.82) is 0 Å². The molecular formula is C14H14Hg2S. The summed E-state index contributed by atoms with van der Waals surface area (Å²) in [7, 11) is 0. The van der Waals surface area contributed by atoms with Gasteiger partial charge < -0.3 is 0 Å². The molecule has 0 radical (unpaired) electrons. The summed E-state index contributed by atoms with van der Waals surface area (Å²) in [5, 5.41) is 0. The zero-order valence-corrected chi connectivity index (χ0v) is 21.8. The third-order valence-corrected chi connectivity index (χ3v) is 78.8. The summed E-state index contributed by atoms with van der Waals surface area (Å²) in [6.07, 6.45) is 0. The third-order valence-electron chi connectivity index (χ3n) is 2.76. The van der Waals surface area contributed by atoms with Crippen LogP contribution in [-0.4, -0.2) is 0 Å². The van der Waals surface area contributed by atoms with E-state index in [4.69, 9.17) is 0 Å². The van der Waals surface area contributed by atoms with Crippen molar-refractivity contribution >= 4 is 4.72 Å². The van der Waals surface area contributed by atoms with Crippen molar-refractivity contribution in [3.8, 4) is 0 Å². The monoisotopic (exact) mass is 618 g/mol. The molecule has 0 aliphatic heterocycles. The molecule has 3 heteroatoms. The summed E-state index contributed by atoms with van der Waals surface area (Å²) in [5.74, 6) is 0. The van der Waals surface area contributed by atoms with Crippen molar-refractivity contribution in [2.75, 3.05) is 0 Å². The van der Waals surface area contributed by atoms with Gasteiger partial charge in [0.2, 0.25) is 0 Å². The van der Waals surface area contributed by atoms with E-state index in [9.17, 15) is 0 Å². The van der Waals surface area contributed by atoms with Gasteiger partial charge in [0.05, 0.1) is 0 Å². The Morgan fingerprint density at radius 2 is 1.06 bits per heavy atom. The molecule has 0 spiro atoms. The van der Waals surface area contributed by atoms with Gasteiger partial charge in [-0.3, -0.25) is 0 Å². The number of hydrogen-bond donors (Lipinski definition) is 0. The second-order valence-electron chi connectivity index (χ2n) is 4.08. The molecule has 2 aromatic rings. The normalized spacial score (nSPS) is 9.41. The average Bonchev–Trinajstić information content (AvgIpc) is 2.41. The Morgan fingerprint density at radius 1 is 0.647 bits per heavy atom. The molecule has 0 bridgehead atoms. The first-order valence-corrected chi connectivity index (χ1v) is 28.5. The molecule has 17 heavy (non-hydrogen) atoms. The zero-order chi connectivity index (χ0) is 11.8. The van der Waals surface area contributed by atoms with Gasteiger partial charge in [0.15, 0.2) is 0 Å². The summed E-state index contributed by atoms with van der Waals surface area (Å²) < 4.78 is 5.40. The first-order valence-electron chi connectivity index (χ1n) is 6.11. The van der Waals surface area contributed by atoms with Crippen LogP contribution in [0, 0.1) is 0 Å². The second kappa shape index (κ2) is 8.71. The van der Waals surface area contributed by atoms with Crippen molar-refractivity contribution in [2.45, 2.75) is 7.86 Å². The molecule has 0 aliphatic carbocycles. The summed E-state index contributed by atoms with van der Waals surface area (Å²) in [6, 6.07) is 22.0. The standard InChI is InChI=1S/2C7H7.2Hg.S/c2*1-7-5-3-2-4-6-7;;;/h2*2-6H,1H2;;;. The molecule has 0 saturated heterocycles. The minimum atomic E-state index is -0.611. The van der Waals surface area contributed by atoms with E-state index >= 15 is 0 Å². The molecule has 2 aromatic carbocycles. The molecule has 0 saturated carbocycles. The fourth-order valence-electron chi connectivity index (χ4n) is 1.77. The Hall–Kier alpha value is 0.660. The Kier molecular flexibility index (Phi) is 7.21. The zero-order valence-electron chi connectivity index (χ0n) is 10.0. The van der Waals surface area contributed by atoms with Crippen LogP contribution in [0.15, 0.2) is 60.7 Å². The van der Waals surface area contributed by atoms with E-state index in [1.807, 2.05) is 0 Å². The van der Waals surface area contributed by atoms with Crippen molar-refractivity contribution in [2.24, 2.45) is 0 Å². The van der Waals surface area contributed by atoms with E-state index in [2.05, 4.69) is 65.4 Å². The molecule has 2 rings (SSSR count). The van der Waals surface area contributed by atoms with Gasteiger partial charge in [0.25, 0.3) is 0 Å². The van der Waals surface area contributed by atoms with Crippen LogP contribution in [0.3, 0.4) is 0 Å². The molecule has 0 nitrogen and oxygen atoms in total. The Balaban J connectivity index is 1.61. The Labute approximate surface area is 129 Å². The first-order chi connectivity index (χ1) is 8.45. The molecule has 0 heterocycles. The molecule has 0 fully saturated rings. The van der Waals surface area contributed by atoms with E-state index in [-0.39, 0.29) is 0 Å². The van der Waals surface area contributed by atoms with Crippen molar-refractivity contribution in [3.63, 3.8) is 0 Å². The molecule has 0 N–H and O–H groups in total. The molecule has 0 aromatic heterocycles. The van der Waals surface area contributed by atoms with Crippen LogP contribution in [-0.2, 0) is 54.0 Å². The van der Waals surface area contributed by atoms with Crippen molar-refractivity contribution < 1.29 is 46.1 Å². The SMILES string of the molecule is c1ccc([CH2][Hg][S][Hg][CH2]c2ccccc2)cc1. The van der Waals surface area contributed by atoms with E-state index in [0.29, 0.717) is 0 Å². The van der Waals surface area contributed by atoms with Crippen molar-refractivity contribution in [1.82, 2.24) is 0 Å². The van der Waals surface area contributed by atoms with E-state index < -0.39 is 46.1 Å². The first kappa shape index (κ1) is 14.1. The molecule has 80 valence electrons. The van der Waals surface area contributed by atoms with Crippen LogP contribution in [0.25, 0.3) is 0 Å². The Morgan fingerprint density at radius 3 is 1.47 bits per heavy atom. The second-order valence-corrected chi connectivity index (χ2v) is 65.3. The fraction of sp³-hybridized carbons (Fsp3) is 0.143. The number of benzene rings is 2. The van der Waals surface area contributed by atoms with Crippen molar-refractivity contribution in [3.05, 3.63) is 71.8 Å². The van der Waals surface area contributed by atoms with Gasteiger partial charge in [0.1, 0.15) is 0 Å². The van der Waals surface area contributed by atoms with Gasteiger partial charge in [-0.25, -0.2) is 0 Å². The summed E-state index contributed by atoms with van der Waals surface area (Å²) >= 11 is -1.22. The molecular weight excluding hydrogens is 601 g/mol. The summed E-state index contributed by atoms with van der Waals surface area (Å²) in [4.78, 5) is 0. The number of hydrogen-bond acceptors (Lipinski definition) is 1. The van der Waals surface area contributed by atoms with E-state index in [1.54, 1.807) is 11.1 Å². The summed E-state index contributed by atoms with van der Waals surface area (Å²) in [5.41, 5.74) is 3.16. The van der Waals surface area contributed by atoms with E-state index in [1.165, 1.54) is 7.86 Å². The van der Waals surface area contributed by atoms with Crippen LogP contribution < -0.4 is 0 Å². The number of rotatable bonds is 6. The van der Waals surface area contributed by atoms with Gasteiger partial charge in [-0.2, -0.15) is 0 Å². The fourth-order valence-corrected chi connectivity index (χ4v) is 67.0. The molecule has 0 amide bonds. The van der Waals surface area contributed by atoms with Gasteiger partial charge in [0, 0.05) is 0 Å². The van der Waals surface area contributed by atoms with Gasteiger partial charge in [-0.15, -0.1) is 0 Å². The van der Waals surface area contributed by atoms with Crippen LogP contribution in [0.1, 0.15) is 11.1 Å². The van der Waals surface area contributed by atoms with Gasteiger partial charge in [-0.05, 0) is 0 Å². The van der Waals surface area contributed by atoms with Crippen LogP contribution in [0.2, 0.25) is 0 Å².